The first-order valence-corrected chi connectivity index (χ1v) is 8.17. The molecule has 0 bridgehead atoms. The Hall–Kier alpha value is -1.76. The van der Waals surface area contributed by atoms with Crippen LogP contribution in [0.3, 0.4) is 0 Å². The van der Waals surface area contributed by atoms with Gasteiger partial charge in [-0.2, -0.15) is 13.2 Å². The van der Waals surface area contributed by atoms with Crippen LogP contribution in [0.1, 0.15) is 31.4 Å². The molecular weight excluding hydrogens is 319 g/mol. The van der Waals surface area contributed by atoms with Crippen molar-refractivity contribution in [1.82, 2.24) is 10.2 Å². The van der Waals surface area contributed by atoms with Crippen molar-refractivity contribution in [1.29, 1.82) is 0 Å². The third-order valence-electron chi connectivity index (χ3n) is 3.69. The van der Waals surface area contributed by atoms with Gasteiger partial charge in [0.05, 0.1) is 6.54 Å². The summed E-state index contributed by atoms with van der Waals surface area (Å²) in [5, 5.41) is 5.56. The standard InChI is InChI=1S/C17H26F3N3O/c1-4-13-8-6-9-14(5-2)15(13)22-16(24)21-10-7-11-23(3)12-17(18,19)20/h6,8-9H,4-5,7,10-12H2,1-3H3,(H2,21,22,24). The molecule has 136 valence electrons. The second-order valence-electron chi connectivity index (χ2n) is 5.75. The van der Waals surface area contributed by atoms with Gasteiger partial charge in [-0.3, -0.25) is 4.90 Å². The van der Waals surface area contributed by atoms with Gasteiger partial charge in [0.1, 0.15) is 0 Å². The number of hydrogen-bond acceptors (Lipinski definition) is 2. The highest BCUT2D eigenvalue weighted by Crippen LogP contribution is 2.22. The smallest absolute Gasteiger partial charge is 0.338 e. The fourth-order valence-electron chi connectivity index (χ4n) is 2.50. The molecule has 0 spiro atoms. The fourth-order valence-corrected chi connectivity index (χ4v) is 2.50. The molecule has 0 unspecified atom stereocenters. The molecular formula is C17H26F3N3O. The number of benzene rings is 1. The molecule has 4 nitrogen and oxygen atoms in total. The van der Waals surface area contributed by atoms with Gasteiger partial charge in [-0.1, -0.05) is 32.0 Å². The molecule has 0 atom stereocenters. The minimum atomic E-state index is -4.19. The number of urea groups is 1. The molecule has 0 aromatic heterocycles. The topological polar surface area (TPSA) is 44.4 Å². The number of carbonyl (C=O) groups excluding carboxylic acids is 1. The lowest BCUT2D eigenvalue weighted by Gasteiger charge is -2.18. The highest BCUT2D eigenvalue weighted by Gasteiger charge is 2.28. The Morgan fingerprint density at radius 3 is 2.25 bits per heavy atom. The molecule has 0 aliphatic heterocycles. The fraction of sp³-hybridized carbons (Fsp3) is 0.588. The van der Waals surface area contributed by atoms with E-state index >= 15 is 0 Å². The Morgan fingerprint density at radius 2 is 1.75 bits per heavy atom. The summed E-state index contributed by atoms with van der Waals surface area (Å²) in [6, 6.07) is 5.59. The summed E-state index contributed by atoms with van der Waals surface area (Å²) in [4.78, 5) is 13.2. The van der Waals surface area contributed by atoms with E-state index < -0.39 is 12.7 Å². The van der Waals surface area contributed by atoms with Crippen LogP contribution in [0.5, 0.6) is 0 Å². The summed E-state index contributed by atoms with van der Waals surface area (Å²) in [6.07, 6.45) is -2.12. The van der Waals surface area contributed by atoms with Gasteiger partial charge in [0, 0.05) is 12.2 Å². The van der Waals surface area contributed by atoms with Crippen LogP contribution in [-0.4, -0.2) is 43.8 Å². The summed E-state index contributed by atoms with van der Waals surface area (Å²) in [6.45, 7) is 3.70. The Bertz CT molecular complexity index is 510. The second kappa shape index (κ2) is 9.52. The van der Waals surface area contributed by atoms with Crippen LogP contribution < -0.4 is 10.6 Å². The van der Waals surface area contributed by atoms with E-state index in [-0.39, 0.29) is 12.6 Å². The molecule has 24 heavy (non-hydrogen) atoms. The third kappa shape index (κ3) is 7.21. The summed E-state index contributed by atoms with van der Waals surface area (Å²) in [7, 11) is 1.42. The summed E-state index contributed by atoms with van der Waals surface area (Å²) >= 11 is 0. The van der Waals surface area contributed by atoms with Crippen LogP contribution in [0.2, 0.25) is 0 Å². The number of para-hydroxylation sites is 1. The van der Waals surface area contributed by atoms with Gasteiger partial charge in [0.15, 0.2) is 0 Å². The van der Waals surface area contributed by atoms with Gasteiger partial charge in [-0.15, -0.1) is 0 Å². The monoisotopic (exact) mass is 345 g/mol. The summed E-state index contributed by atoms with van der Waals surface area (Å²) < 4.78 is 36.6. The number of aryl methyl sites for hydroxylation is 2. The molecule has 1 aromatic rings. The van der Waals surface area contributed by atoms with Crippen molar-refractivity contribution in [3.8, 4) is 0 Å². The lowest BCUT2D eigenvalue weighted by Crippen LogP contribution is -2.35. The first kappa shape index (κ1) is 20.3. The number of amides is 2. The zero-order chi connectivity index (χ0) is 18.2. The van der Waals surface area contributed by atoms with Crippen LogP contribution in [0.15, 0.2) is 18.2 Å². The lowest BCUT2D eigenvalue weighted by molar-refractivity contribution is -0.143. The second-order valence-corrected chi connectivity index (χ2v) is 5.75. The Labute approximate surface area is 141 Å². The predicted molar refractivity (Wildman–Crippen MR) is 90.4 cm³/mol. The molecule has 0 aliphatic rings. The highest BCUT2D eigenvalue weighted by atomic mass is 19.4. The van der Waals surface area contributed by atoms with E-state index in [9.17, 15) is 18.0 Å². The quantitative estimate of drug-likeness (QED) is 0.704. The van der Waals surface area contributed by atoms with Gasteiger partial charge in [-0.25, -0.2) is 4.79 Å². The summed E-state index contributed by atoms with van der Waals surface area (Å²) in [5.74, 6) is 0. The van der Waals surface area contributed by atoms with E-state index in [1.54, 1.807) is 0 Å². The number of rotatable bonds is 8. The first-order valence-electron chi connectivity index (χ1n) is 8.17. The van der Waals surface area contributed by atoms with E-state index in [2.05, 4.69) is 10.6 Å². The number of nitrogens with one attached hydrogen (secondary N) is 2. The Balaban J connectivity index is 2.43. The maximum Gasteiger partial charge on any atom is 0.401 e. The molecule has 7 heteroatoms. The molecule has 0 radical (unpaired) electrons. The molecule has 0 heterocycles. The largest absolute Gasteiger partial charge is 0.401 e. The van der Waals surface area contributed by atoms with Gasteiger partial charge < -0.3 is 10.6 Å². The molecule has 1 aromatic carbocycles. The minimum Gasteiger partial charge on any atom is -0.338 e. The van der Waals surface area contributed by atoms with Crippen molar-refractivity contribution < 1.29 is 18.0 Å². The van der Waals surface area contributed by atoms with Gasteiger partial charge in [0.25, 0.3) is 0 Å². The zero-order valence-corrected chi connectivity index (χ0v) is 14.5. The van der Waals surface area contributed by atoms with Crippen LogP contribution in [0.25, 0.3) is 0 Å². The van der Waals surface area contributed by atoms with E-state index in [4.69, 9.17) is 0 Å². The van der Waals surface area contributed by atoms with Gasteiger partial charge >= 0.3 is 12.2 Å². The SMILES string of the molecule is CCc1cccc(CC)c1NC(=O)NCCCN(C)CC(F)(F)F. The highest BCUT2D eigenvalue weighted by molar-refractivity contribution is 5.91. The van der Waals surface area contributed by atoms with E-state index in [1.807, 2.05) is 32.0 Å². The lowest BCUT2D eigenvalue weighted by atomic mass is 10.0. The molecule has 0 fully saturated rings. The van der Waals surface area contributed by atoms with Crippen LogP contribution in [-0.2, 0) is 12.8 Å². The van der Waals surface area contributed by atoms with E-state index in [0.717, 1.165) is 29.7 Å². The van der Waals surface area contributed by atoms with E-state index in [1.165, 1.54) is 11.9 Å². The minimum absolute atomic E-state index is 0.269. The molecule has 2 amide bonds. The summed E-state index contributed by atoms with van der Waals surface area (Å²) in [5.41, 5.74) is 2.96. The maximum atomic E-state index is 12.2. The molecule has 1 rings (SSSR count). The van der Waals surface area contributed by atoms with Gasteiger partial charge in [-0.05, 0) is 44.0 Å². The Morgan fingerprint density at radius 1 is 1.17 bits per heavy atom. The van der Waals surface area contributed by atoms with Crippen molar-refractivity contribution in [3.05, 3.63) is 29.3 Å². The average molecular weight is 345 g/mol. The van der Waals surface area contributed by atoms with Crippen molar-refractivity contribution in [2.45, 2.75) is 39.3 Å². The number of nitrogens with zero attached hydrogens (tertiary/aromatic N) is 1. The van der Waals surface area contributed by atoms with Crippen molar-refractivity contribution in [2.24, 2.45) is 0 Å². The molecule has 2 N–H and O–H groups in total. The Kier molecular flexibility index (Phi) is 8.04. The molecule has 0 saturated heterocycles. The number of anilines is 1. The number of alkyl halides is 3. The number of hydrogen-bond donors (Lipinski definition) is 2. The van der Waals surface area contributed by atoms with Crippen LogP contribution in [0.4, 0.5) is 23.7 Å². The van der Waals surface area contributed by atoms with Crippen LogP contribution >= 0.6 is 0 Å². The zero-order valence-electron chi connectivity index (χ0n) is 14.5. The molecule has 0 saturated carbocycles. The van der Waals surface area contributed by atoms with Crippen molar-refractivity contribution >= 4 is 11.7 Å². The van der Waals surface area contributed by atoms with Crippen molar-refractivity contribution in [2.75, 3.05) is 32.0 Å². The number of halogens is 3. The molecule has 0 aliphatic carbocycles. The first-order chi connectivity index (χ1) is 11.3. The average Bonchev–Trinajstić information content (AvgIpc) is 2.50. The maximum absolute atomic E-state index is 12.2. The van der Waals surface area contributed by atoms with Crippen molar-refractivity contribution in [3.63, 3.8) is 0 Å². The van der Waals surface area contributed by atoms with E-state index in [0.29, 0.717) is 13.0 Å². The van der Waals surface area contributed by atoms with Gasteiger partial charge in [0.2, 0.25) is 0 Å². The normalized spacial score (nSPS) is 11.6. The third-order valence-corrected chi connectivity index (χ3v) is 3.69. The van der Waals surface area contributed by atoms with Crippen LogP contribution in [0, 0.1) is 0 Å². The number of carbonyl (C=O) groups is 1. The predicted octanol–water partition coefficient (Wildman–Crippen LogP) is 3.82.